The zero-order valence-corrected chi connectivity index (χ0v) is 18.6. The first-order chi connectivity index (χ1) is 13.8. The minimum atomic E-state index is -3.82. The number of hydrogen-bond donors (Lipinski definition) is 1. The second kappa shape index (κ2) is 9.03. The fourth-order valence-electron chi connectivity index (χ4n) is 2.94. The van der Waals surface area contributed by atoms with E-state index in [1.165, 1.54) is 0 Å². The van der Waals surface area contributed by atoms with Crippen molar-refractivity contribution in [3.05, 3.63) is 101 Å². The van der Waals surface area contributed by atoms with Crippen LogP contribution in [-0.4, -0.2) is 19.0 Å². The summed E-state index contributed by atoms with van der Waals surface area (Å²) in [4.78, 5) is 12.4. The van der Waals surface area contributed by atoms with Crippen molar-refractivity contribution in [2.75, 3.05) is 0 Å². The summed E-state index contributed by atoms with van der Waals surface area (Å²) >= 11 is 3.46. The molecule has 6 heteroatoms. The number of alkyl halides is 1. The van der Waals surface area contributed by atoms with E-state index in [0.717, 1.165) is 11.1 Å². The number of benzene rings is 3. The van der Waals surface area contributed by atoms with E-state index in [1.807, 2.05) is 44.2 Å². The van der Waals surface area contributed by atoms with Crippen LogP contribution in [0.3, 0.4) is 0 Å². The third kappa shape index (κ3) is 5.21. The molecule has 0 aliphatic carbocycles. The molecule has 0 aromatic heterocycles. The molecule has 0 aliphatic heterocycles. The zero-order chi connectivity index (χ0) is 21.0. The Balaban J connectivity index is 1.95. The summed E-state index contributed by atoms with van der Waals surface area (Å²) in [5.74, 6) is -0.189. The Kier molecular flexibility index (Phi) is 6.67. The van der Waals surface area contributed by atoms with Gasteiger partial charge >= 0.3 is 0 Å². The molecule has 0 saturated carbocycles. The molecule has 1 N–H and O–H groups in total. The van der Waals surface area contributed by atoms with Crippen LogP contribution in [0.5, 0.6) is 0 Å². The normalized spacial score (nSPS) is 13.6. The summed E-state index contributed by atoms with van der Waals surface area (Å²) in [6.07, 6.45) is 0. The van der Waals surface area contributed by atoms with Crippen LogP contribution < -0.4 is 4.72 Å². The van der Waals surface area contributed by atoms with E-state index in [9.17, 15) is 13.2 Å². The van der Waals surface area contributed by atoms with E-state index < -0.39 is 20.9 Å². The van der Waals surface area contributed by atoms with Crippen LogP contribution in [0.25, 0.3) is 0 Å². The van der Waals surface area contributed by atoms with Crippen LogP contribution >= 0.6 is 15.9 Å². The number of carbonyl (C=O) groups excluding carboxylic acids is 1. The van der Waals surface area contributed by atoms with Crippen LogP contribution in [-0.2, 0) is 10.0 Å². The van der Waals surface area contributed by atoms with E-state index in [4.69, 9.17) is 0 Å². The summed E-state index contributed by atoms with van der Waals surface area (Å²) in [5.41, 5.74) is 3.24. The molecule has 0 heterocycles. The highest BCUT2D eigenvalue weighted by atomic mass is 79.9. The molecule has 0 unspecified atom stereocenters. The lowest BCUT2D eigenvalue weighted by atomic mass is 9.98. The van der Waals surface area contributed by atoms with Gasteiger partial charge in [-0.25, -0.2) is 13.1 Å². The molecule has 150 valence electrons. The Morgan fingerprint density at radius 2 is 1.34 bits per heavy atom. The van der Waals surface area contributed by atoms with Gasteiger partial charge in [0, 0.05) is 5.56 Å². The van der Waals surface area contributed by atoms with Crippen LogP contribution in [0, 0.1) is 13.8 Å². The Bertz CT molecular complexity index is 1080. The van der Waals surface area contributed by atoms with Crippen molar-refractivity contribution >= 4 is 31.7 Å². The van der Waals surface area contributed by atoms with Gasteiger partial charge in [-0.3, -0.25) is 4.79 Å². The summed E-state index contributed by atoms with van der Waals surface area (Å²) in [6.45, 7) is 3.84. The van der Waals surface area contributed by atoms with Gasteiger partial charge in [0.1, 0.15) is 0 Å². The predicted molar refractivity (Wildman–Crippen MR) is 119 cm³/mol. The smallest absolute Gasteiger partial charge is 0.241 e. The molecule has 0 bridgehead atoms. The van der Waals surface area contributed by atoms with E-state index in [2.05, 4.69) is 20.7 Å². The SMILES string of the molecule is Cc1ccc(C(=O)[C@H](Br)[C@H](NS(=O)(=O)c2ccc(C)cc2)c2ccccc2)cc1. The molecule has 4 nitrogen and oxygen atoms in total. The number of aryl methyl sites for hydroxylation is 2. The Morgan fingerprint density at radius 1 is 0.828 bits per heavy atom. The number of nitrogens with one attached hydrogen (secondary N) is 1. The number of rotatable bonds is 7. The van der Waals surface area contributed by atoms with Gasteiger partial charge in [-0.05, 0) is 31.5 Å². The number of Topliss-reactive ketones (excluding diaryl/α,β-unsaturated/α-hetero) is 1. The molecule has 0 aliphatic rings. The fourth-order valence-corrected chi connectivity index (χ4v) is 5.05. The highest BCUT2D eigenvalue weighted by Crippen LogP contribution is 2.28. The Hall–Kier alpha value is -2.28. The molecule has 0 amide bonds. The lowest BCUT2D eigenvalue weighted by Crippen LogP contribution is -2.37. The molecule has 29 heavy (non-hydrogen) atoms. The minimum Gasteiger partial charge on any atom is -0.293 e. The molecule has 0 saturated heterocycles. The number of halogens is 1. The van der Waals surface area contributed by atoms with Crippen LogP contribution in [0.1, 0.15) is 33.1 Å². The van der Waals surface area contributed by atoms with Gasteiger partial charge in [0.2, 0.25) is 10.0 Å². The first kappa shape index (κ1) is 21.4. The number of carbonyl (C=O) groups is 1. The maximum Gasteiger partial charge on any atom is 0.241 e. The second-order valence-electron chi connectivity index (χ2n) is 6.95. The summed E-state index contributed by atoms with van der Waals surface area (Å²) in [5, 5.41) is 0. The molecule has 3 aromatic carbocycles. The first-order valence-corrected chi connectivity index (χ1v) is 11.6. The maximum absolute atomic E-state index is 13.1. The topological polar surface area (TPSA) is 63.2 Å². The van der Waals surface area contributed by atoms with E-state index in [0.29, 0.717) is 11.1 Å². The largest absolute Gasteiger partial charge is 0.293 e. The van der Waals surface area contributed by atoms with Gasteiger partial charge in [-0.15, -0.1) is 0 Å². The van der Waals surface area contributed by atoms with Crippen molar-refractivity contribution in [1.29, 1.82) is 0 Å². The van der Waals surface area contributed by atoms with Crippen molar-refractivity contribution in [2.24, 2.45) is 0 Å². The van der Waals surface area contributed by atoms with Crippen molar-refractivity contribution < 1.29 is 13.2 Å². The van der Waals surface area contributed by atoms with Gasteiger partial charge < -0.3 is 0 Å². The van der Waals surface area contributed by atoms with Gasteiger partial charge in [-0.1, -0.05) is 93.8 Å². The highest BCUT2D eigenvalue weighted by molar-refractivity contribution is 9.10. The summed E-state index contributed by atoms with van der Waals surface area (Å²) in [6, 6.07) is 22.2. The lowest BCUT2D eigenvalue weighted by Gasteiger charge is -2.24. The van der Waals surface area contributed by atoms with E-state index in [1.54, 1.807) is 48.5 Å². The van der Waals surface area contributed by atoms with E-state index in [-0.39, 0.29) is 10.7 Å². The van der Waals surface area contributed by atoms with Gasteiger partial charge in [0.15, 0.2) is 5.78 Å². The first-order valence-electron chi connectivity index (χ1n) is 9.17. The molecule has 0 spiro atoms. The van der Waals surface area contributed by atoms with Crippen molar-refractivity contribution in [3.63, 3.8) is 0 Å². The lowest BCUT2D eigenvalue weighted by molar-refractivity contribution is 0.0982. The van der Waals surface area contributed by atoms with Crippen LogP contribution in [0.15, 0.2) is 83.8 Å². The molecule has 3 aromatic rings. The quantitative estimate of drug-likeness (QED) is 0.390. The van der Waals surface area contributed by atoms with Crippen molar-refractivity contribution in [3.8, 4) is 0 Å². The second-order valence-corrected chi connectivity index (χ2v) is 9.66. The zero-order valence-electron chi connectivity index (χ0n) is 16.2. The number of hydrogen-bond acceptors (Lipinski definition) is 3. The predicted octanol–water partition coefficient (Wildman–Crippen LogP) is 4.97. The van der Waals surface area contributed by atoms with Crippen LogP contribution in [0.2, 0.25) is 0 Å². The molecule has 2 atom stereocenters. The Morgan fingerprint density at radius 3 is 1.90 bits per heavy atom. The Labute approximate surface area is 180 Å². The average Bonchev–Trinajstić information content (AvgIpc) is 2.72. The van der Waals surface area contributed by atoms with Crippen molar-refractivity contribution in [1.82, 2.24) is 4.72 Å². The average molecular weight is 472 g/mol. The molecule has 0 radical (unpaired) electrons. The third-order valence-corrected chi connectivity index (χ3v) is 7.05. The van der Waals surface area contributed by atoms with Crippen molar-refractivity contribution in [2.45, 2.75) is 29.6 Å². The van der Waals surface area contributed by atoms with Crippen LogP contribution in [0.4, 0.5) is 0 Å². The summed E-state index contributed by atoms with van der Waals surface area (Å²) < 4.78 is 28.7. The number of ketones is 1. The molecule has 3 rings (SSSR count). The van der Waals surface area contributed by atoms with Gasteiger partial charge in [-0.2, -0.15) is 0 Å². The summed E-state index contributed by atoms with van der Waals surface area (Å²) in [7, 11) is -3.82. The monoisotopic (exact) mass is 471 g/mol. The maximum atomic E-state index is 13.1. The van der Waals surface area contributed by atoms with E-state index >= 15 is 0 Å². The highest BCUT2D eigenvalue weighted by Gasteiger charge is 2.32. The number of sulfonamides is 1. The third-order valence-electron chi connectivity index (χ3n) is 4.65. The standard InChI is InChI=1S/C23H22BrNO3S/c1-16-8-12-19(13-9-16)23(26)21(24)22(18-6-4-3-5-7-18)25-29(27,28)20-14-10-17(2)11-15-20/h3-15,21-22,25H,1-2H3/t21-,22-/m1/s1. The van der Waals surface area contributed by atoms with Gasteiger partial charge in [0.05, 0.1) is 15.8 Å². The molecular formula is C23H22BrNO3S. The molecule has 0 fully saturated rings. The van der Waals surface area contributed by atoms with Gasteiger partial charge in [0.25, 0.3) is 0 Å². The molecular weight excluding hydrogens is 450 g/mol. The fraction of sp³-hybridized carbons (Fsp3) is 0.174. The minimum absolute atomic E-state index is 0.159.